The Bertz CT molecular complexity index is 1070. The summed E-state index contributed by atoms with van der Waals surface area (Å²) in [7, 11) is 0. The lowest BCUT2D eigenvalue weighted by molar-refractivity contribution is -0.121. The average molecular weight is 405 g/mol. The third-order valence-electron chi connectivity index (χ3n) is 5.26. The minimum absolute atomic E-state index is 0.0421. The molecule has 1 aromatic heterocycles. The summed E-state index contributed by atoms with van der Waals surface area (Å²) in [6, 6.07) is 13.0. The molecule has 30 heavy (non-hydrogen) atoms. The number of amides is 1. The van der Waals surface area contributed by atoms with Gasteiger partial charge < -0.3 is 10.1 Å². The van der Waals surface area contributed by atoms with Gasteiger partial charge in [0, 0.05) is 30.2 Å². The number of nitrogens with one attached hydrogen (secondary N) is 1. The first-order valence-electron chi connectivity index (χ1n) is 10.1. The van der Waals surface area contributed by atoms with Crippen LogP contribution < -0.4 is 10.1 Å². The number of aromatic nitrogens is 2. The molecule has 0 aliphatic carbocycles. The van der Waals surface area contributed by atoms with E-state index in [1.807, 2.05) is 44.2 Å². The van der Waals surface area contributed by atoms with Gasteiger partial charge in [-0.25, -0.2) is 9.37 Å². The number of ether oxygens (including phenoxy) is 1. The highest BCUT2D eigenvalue weighted by molar-refractivity contribution is 5.76. The van der Waals surface area contributed by atoms with E-state index in [1.165, 1.54) is 6.07 Å². The first-order valence-corrected chi connectivity index (χ1v) is 10.1. The second-order valence-electron chi connectivity index (χ2n) is 7.58. The molecule has 5 nitrogen and oxygen atoms in total. The Hall–Kier alpha value is -3.28. The predicted molar refractivity (Wildman–Crippen MR) is 113 cm³/mol. The molecule has 0 radical (unpaired) electrons. The zero-order valence-corrected chi connectivity index (χ0v) is 17.1. The van der Waals surface area contributed by atoms with Crippen molar-refractivity contribution < 1.29 is 13.9 Å². The highest BCUT2D eigenvalue weighted by Crippen LogP contribution is 2.40. The molecule has 154 valence electrons. The summed E-state index contributed by atoms with van der Waals surface area (Å²) in [5.74, 6) is 0.158. The number of carbonyl (C=O) groups excluding carboxylic acids is 1. The maximum absolute atomic E-state index is 14.4. The third kappa shape index (κ3) is 4.32. The molecule has 1 atom stereocenters. The quantitative estimate of drug-likeness (QED) is 0.674. The molecular formula is C24H24FN3O2. The zero-order valence-electron chi connectivity index (χ0n) is 17.1. The van der Waals surface area contributed by atoms with Gasteiger partial charge >= 0.3 is 0 Å². The maximum Gasteiger partial charge on any atom is 0.220 e. The Balaban J connectivity index is 1.42. The van der Waals surface area contributed by atoms with Crippen LogP contribution in [-0.4, -0.2) is 28.5 Å². The summed E-state index contributed by atoms with van der Waals surface area (Å²) in [6.07, 6.45) is 2.89. The van der Waals surface area contributed by atoms with Crippen LogP contribution in [0.1, 0.15) is 28.9 Å². The summed E-state index contributed by atoms with van der Waals surface area (Å²) >= 11 is 0. The minimum atomic E-state index is -0.311. The van der Waals surface area contributed by atoms with E-state index in [0.717, 1.165) is 22.5 Å². The summed E-state index contributed by atoms with van der Waals surface area (Å²) < 4.78 is 20.5. The number of carbonyl (C=O) groups is 1. The van der Waals surface area contributed by atoms with Gasteiger partial charge in [0.2, 0.25) is 5.91 Å². The standard InChI is InChI=1S/C24H24FN3O2/c1-15-13-26-16(2)23(28-15)19-9-10-21(25)20-12-18(30-24(19)20)14-27-22(29)11-8-17-6-4-3-5-7-17/h3-7,9-10,13,18H,8,11-12,14H2,1-2H3,(H,27,29). The number of hydrogen-bond donors (Lipinski definition) is 1. The number of fused-ring (bicyclic) bond motifs is 1. The number of rotatable bonds is 6. The van der Waals surface area contributed by atoms with Crippen LogP contribution in [0.5, 0.6) is 5.75 Å². The summed E-state index contributed by atoms with van der Waals surface area (Å²) in [4.78, 5) is 21.2. The Labute approximate surface area is 175 Å². The monoisotopic (exact) mass is 405 g/mol. The van der Waals surface area contributed by atoms with Crippen molar-refractivity contribution in [2.24, 2.45) is 0 Å². The van der Waals surface area contributed by atoms with Crippen LogP contribution in [-0.2, 0) is 17.6 Å². The Morgan fingerprint density at radius 1 is 1.20 bits per heavy atom. The lowest BCUT2D eigenvalue weighted by Gasteiger charge is -2.14. The minimum Gasteiger partial charge on any atom is -0.487 e. The number of hydrogen-bond acceptors (Lipinski definition) is 4. The molecular weight excluding hydrogens is 381 g/mol. The number of halogens is 1. The van der Waals surface area contributed by atoms with E-state index in [9.17, 15) is 9.18 Å². The molecule has 0 fully saturated rings. The number of aryl methyl sites for hydroxylation is 3. The van der Waals surface area contributed by atoms with Crippen LogP contribution in [0.2, 0.25) is 0 Å². The molecule has 1 amide bonds. The molecule has 0 saturated carbocycles. The first-order chi connectivity index (χ1) is 14.5. The number of benzene rings is 2. The molecule has 1 unspecified atom stereocenters. The van der Waals surface area contributed by atoms with Crippen LogP contribution in [0.15, 0.2) is 48.7 Å². The van der Waals surface area contributed by atoms with Crippen molar-refractivity contribution in [3.8, 4) is 17.0 Å². The van der Waals surface area contributed by atoms with Gasteiger partial charge in [-0.2, -0.15) is 0 Å². The highest BCUT2D eigenvalue weighted by Gasteiger charge is 2.30. The summed E-state index contributed by atoms with van der Waals surface area (Å²) in [6.45, 7) is 4.07. The van der Waals surface area contributed by atoms with E-state index in [4.69, 9.17) is 4.74 Å². The van der Waals surface area contributed by atoms with E-state index < -0.39 is 0 Å². The van der Waals surface area contributed by atoms with Crippen molar-refractivity contribution in [3.63, 3.8) is 0 Å². The molecule has 0 spiro atoms. The fourth-order valence-electron chi connectivity index (χ4n) is 3.68. The Morgan fingerprint density at radius 2 is 2.00 bits per heavy atom. The normalized spacial score (nSPS) is 14.8. The smallest absolute Gasteiger partial charge is 0.220 e. The average Bonchev–Trinajstić information content (AvgIpc) is 3.19. The Morgan fingerprint density at radius 3 is 2.80 bits per heavy atom. The molecule has 1 aliphatic heterocycles. The summed E-state index contributed by atoms with van der Waals surface area (Å²) in [5, 5.41) is 2.91. The van der Waals surface area contributed by atoms with Gasteiger partial charge in [0.05, 0.1) is 23.6 Å². The van der Waals surface area contributed by atoms with Gasteiger partial charge in [-0.05, 0) is 38.0 Å². The molecule has 4 rings (SSSR count). The first kappa shape index (κ1) is 20.0. The van der Waals surface area contributed by atoms with Crippen molar-refractivity contribution in [2.45, 2.75) is 39.2 Å². The topological polar surface area (TPSA) is 64.1 Å². The van der Waals surface area contributed by atoms with E-state index in [-0.39, 0.29) is 17.8 Å². The van der Waals surface area contributed by atoms with Crippen LogP contribution >= 0.6 is 0 Å². The second-order valence-corrected chi connectivity index (χ2v) is 7.58. The van der Waals surface area contributed by atoms with E-state index in [2.05, 4.69) is 15.3 Å². The summed E-state index contributed by atoms with van der Waals surface area (Å²) in [5.41, 5.74) is 4.62. The predicted octanol–water partition coefficient (Wildman–Crippen LogP) is 3.95. The third-order valence-corrected chi connectivity index (χ3v) is 5.26. The Kier molecular flexibility index (Phi) is 5.74. The van der Waals surface area contributed by atoms with Gasteiger partial charge in [-0.15, -0.1) is 0 Å². The molecule has 3 aromatic rings. The van der Waals surface area contributed by atoms with Crippen molar-refractivity contribution in [3.05, 3.63) is 77.0 Å². The number of nitrogens with zero attached hydrogens (tertiary/aromatic N) is 2. The molecule has 1 N–H and O–H groups in total. The van der Waals surface area contributed by atoms with Crippen molar-refractivity contribution in [2.75, 3.05) is 6.54 Å². The van der Waals surface area contributed by atoms with E-state index in [1.54, 1.807) is 12.3 Å². The highest BCUT2D eigenvalue weighted by atomic mass is 19.1. The molecule has 6 heteroatoms. The fourth-order valence-corrected chi connectivity index (χ4v) is 3.68. The molecule has 1 aliphatic rings. The van der Waals surface area contributed by atoms with Gasteiger partial charge in [0.25, 0.3) is 0 Å². The van der Waals surface area contributed by atoms with Crippen molar-refractivity contribution >= 4 is 5.91 Å². The lowest BCUT2D eigenvalue weighted by Crippen LogP contribution is -2.34. The van der Waals surface area contributed by atoms with Gasteiger partial charge in [-0.1, -0.05) is 30.3 Å². The lowest BCUT2D eigenvalue weighted by atomic mass is 10.0. The second kappa shape index (κ2) is 8.61. The van der Waals surface area contributed by atoms with Crippen LogP contribution in [0.25, 0.3) is 11.3 Å². The molecule has 0 bridgehead atoms. The van der Waals surface area contributed by atoms with Crippen molar-refractivity contribution in [1.82, 2.24) is 15.3 Å². The van der Waals surface area contributed by atoms with Crippen LogP contribution in [0, 0.1) is 19.7 Å². The van der Waals surface area contributed by atoms with Crippen molar-refractivity contribution in [1.29, 1.82) is 0 Å². The zero-order chi connectivity index (χ0) is 21.1. The molecule has 2 heterocycles. The van der Waals surface area contributed by atoms with Gasteiger partial charge in [-0.3, -0.25) is 9.78 Å². The van der Waals surface area contributed by atoms with Gasteiger partial charge in [0.1, 0.15) is 17.7 Å². The molecule has 0 saturated heterocycles. The SMILES string of the molecule is Cc1cnc(C)c(-c2ccc(F)c3c2OC(CNC(=O)CCc2ccccc2)C3)n1. The van der Waals surface area contributed by atoms with Crippen LogP contribution in [0.3, 0.4) is 0 Å². The maximum atomic E-state index is 14.4. The van der Waals surface area contributed by atoms with Gasteiger partial charge in [0.15, 0.2) is 0 Å². The largest absolute Gasteiger partial charge is 0.487 e. The fraction of sp³-hybridized carbons (Fsp3) is 0.292. The van der Waals surface area contributed by atoms with E-state index in [0.29, 0.717) is 42.8 Å². The van der Waals surface area contributed by atoms with E-state index >= 15 is 0 Å². The molecule has 2 aromatic carbocycles. The van der Waals surface area contributed by atoms with Crippen LogP contribution in [0.4, 0.5) is 4.39 Å².